The van der Waals surface area contributed by atoms with Crippen LogP contribution in [0.3, 0.4) is 0 Å². The van der Waals surface area contributed by atoms with Gasteiger partial charge in [-0.3, -0.25) is 30.0 Å². The highest BCUT2D eigenvalue weighted by Crippen LogP contribution is 1.82. The first-order valence-electron chi connectivity index (χ1n) is 10.8. The standard InChI is InChI=1S/C12H27N5O3.C8H15NO4.4CH4/c1-9(11(3)18)17-15-6-8-20-7-5-14-12(19)10(2)16-13-4;1-7(10)5-12-3-4-13-6-8(11)9-2;;;;/h9-10,13,15-17H,5-8H2,1-4H3,(H,14,19);3-6H2,1-2H3,(H,9,11);4*1H4/t9-,10-;;;;;/m1...../s1. The third-order valence-corrected chi connectivity index (χ3v) is 3.79. The van der Waals surface area contributed by atoms with Gasteiger partial charge in [0.2, 0.25) is 11.8 Å². The number of carbonyl (C=O) groups is 4. The molecule has 37 heavy (non-hydrogen) atoms. The number of ether oxygens (including phenoxy) is 3. The minimum absolute atomic E-state index is 0. The maximum atomic E-state index is 11.5. The van der Waals surface area contributed by atoms with Crippen molar-refractivity contribution in [2.24, 2.45) is 0 Å². The van der Waals surface area contributed by atoms with Crippen molar-refractivity contribution < 1.29 is 33.4 Å². The zero-order chi connectivity index (χ0) is 25.5. The average molecular weight is 543 g/mol. The van der Waals surface area contributed by atoms with Crippen LogP contribution in [0.15, 0.2) is 0 Å². The van der Waals surface area contributed by atoms with Crippen LogP contribution in [0.4, 0.5) is 0 Å². The highest BCUT2D eigenvalue weighted by molar-refractivity contribution is 5.81. The molecule has 0 aliphatic heterocycles. The van der Waals surface area contributed by atoms with Crippen molar-refractivity contribution in [3.63, 3.8) is 0 Å². The first-order chi connectivity index (χ1) is 15.6. The Bertz CT molecular complexity index is 554. The zero-order valence-corrected chi connectivity index (χ0v) is 20.7. The first-order valence-corrected chi connectivity index (χ1v) is 10.8. The van der Waals surface area contributed by atoms with Crippen LogP contribution in [-0.2, 0) is 33.4 Å². The SMILES string of the molecule is C.C.C.C.CNC(=O)COCCOCC(C)=O.CNN[C@H](C)C(=O)NCCOCCNN[C@H](C)C(C)=O. The van der Waals surface area contributed by atoms with Crippen LogP contribution >= 0.6 is 0 Å². The number of likely N-dealkylation sites (N-methyl/N-ethyl adjacent to an activating group) is 1. The van der Waals surface area contributed by atoms with Crippen molar-refractivity contribution in [1.29, 1.82) is 0 Å². The van der Waals surface area contributed by atoms with Crippen LogP contribution in [0.2, 0.25) is 0 Å². The van der Waals surface area contributed by atoms with E-state index in [0.717, 1.165) is 0 Å². The third-order valence-electron chi connectivity index (χ3n) is 3.79. The summed E-state index contributed by atoms with van der Waals surface area (Å²) in [6.07, 6.45) is 0. The normalized spacial score (nSPS) is 10.9. The molecule has 0 aromatic rings. The van der Waals surface area contributed by atoms with Gasteiger partial charge in [0.1, 0.15) is 19.0 Å². The Kier molecular flexibility index (Phi) is 44.2. The van der Waals surface area contributed by atoms with E-state index in [1.165, 1.54) is 20.9 Å². The topological polar surface area (TPSA) is 168 Å². The van der Waals surface area contributed by atoms with E-state index in [0.29, 0.717) is 39.5 Å². The number of hydrazine groups is 2. The van der Waals surface area contributed by atoms with Crippen LogP contribution in [0.1, 0.15) is 57.4 Å². The van der Waals surface area contributed by atoms with Gasteiger partial charge in [0.15, 0.2) is 5.78 Å². The van der Waals surface area contributed by atoms with Crippen molar-refractivity contribution in [2.75, 3.05) is 66.8 Å². The Morgan fingerprint density at radius 3 is 1.73 bits per heavy atom. The van der Waals surface area contributed by atoms with E-state index in [1.54, 1.807) is 20.9 Å². The van der Waals surface area contributed by atoms with Crippen molar-refractivity contribution in [2.45, 2.75) is 69.5 Å². The molecule has 13 heteroatoms. The Morgan fingerprint density at radius 2 is 1.24 bits per heavy atom. The molecule has 0 aliphatic rings. The van der Waals surface area contributed by atoms with Crippen molar-refractivity contribution >= 4 is 23.4 Å². The van der Waals surface area contributed by atoms with Crippen LogP contribution in [0.5, 0.6) is 0 Å². The second kappa shape index (κ2) is 34.0. The molecule has 226 valence electrons. The number of amides is 2. The van der Waals surface area contributed by atoms with Gasteiger partial charge in [-0.05, 0) is 34.7 Å². The first kappa shape index (κ1) is 48.1. The summed E-state index contributed by atoms with van der Waals surface area (Å²) >= 11 is 0. The number of hydrogen-bond acceptors (Lipinski definition) is 11. The zero-order valence-electron chi connectivity index (χ0n) is 20.7. The molecule has 0 rings (SSSR count). The van der Waals surface area contributed by atoms with Gasteiger partial charge in [0, 0.05) is 20.1 Å². The van der Waals surface area contributed by atoms with E-state index in [1.807, 2.05) is 0 Å². The summed E-state index contributed by atoms with van der Waals surface area (Å²) in [5.74, 6) is -0.207. The number of rotatable bonds is 19. The smallest absolute Gasteiger partial charge is 0.245 e. The lowest BCUT2D eigenvalue weighted by Crippen LogP contribution is -2.47. The van der Waals surface area contributed by atoms with Gasteiger partial charge in [-0.2, -0.15) is 0 Å². The van der Waals surface area contributed by atoms with Gasteiger partial charge in [-0.25, -0.2) is 10.9 Å². The lowest BCUT2D eigenvalue weighted by atomic mass is 10.2. The fourth-order valence-corrected chi connectivity index (χ4v) is 1.80. The van der Waals surface area contributed by atoms with Gasteiger partial charge >= 0.3 is 0 Å². The van der Waals surface area contributed by atoms with Crippen LogP contribution in [0.25, 0.3) is 0 Å². The summed E-state index contributed by atoms with van der Waals surface area (Å²) in [5, 5.41) is 5.16. The van der Waals surface area contributed by atoms with Crippen molar-refractivity contribution in [1.82, 2.24) is 32.3 Å². The Morgan fingerprint density at radius 1 is 0.703 bits per heavy atom. The third kappa shape index (κ3) is 36.2. The number of ketones is 2. The molecule has 0 saturated heterocycles. The average Bonchev–Trinajstić information content (AvgIpc) is 2.77. The lowest BCUT2D eigenvalue weighted by Gasteiger charge is -2.13. The summed E-state index contributed by atoms with van der Waals surface area (Å²) in [6.45, 7) is 9.30. The summed E-state index contributed by atoms with van der Waals surface area (Å²) < 4.78 is 15.2. The van der Waals surface area contributed by atoms with Gasteiger partial charge in [0.25, 0.3) is 0 Å². The maximum absolute atomic E-state index is 11.5. The largest absolute Gasteiger partial charge is 0.378 e. The second-order valence-corrected chi connectivity index (χ2v) is 6.90. The predicted octanol–water partition coefficient (Wildman–Crippen LogP) is 0.202. The molecule has 0 aliphatic carbocycles. The molecule has 2 amide bonds. The molecule has 2 atom stereocenters. The van der Waals surface area contributed by atoms with E-state index in [9.17, 15) is 19.2 Å². The van der Waals surface area contributed by atoms with E-state index in [2.05, 4.69) is 32.3 Å². The van der Waals surface area contributed by atoms with E-state index in [-0.39, 0.29) is 78.4 Å². The highest BCUT2D eigenvalue weighted by Gasteiger charge is 2.09. The lowest BCUT2D eigenvalue weighted by molar-refractivity contribution is -0.127. The summed E-state index contributed by atoms with van der Waals surface area (Å²) in [4.78, 5) is 43.4. The monoisotopic (exact) mass is 542 g/mol. The van der Waals surface area contributed by atoms with Gasteiger partial charge < -0.3 is 24.8 Å². The van der Waals surface area contributed by atoms with Crippen LogP contribution in [-0.4, -0.2) is 102 Å². The molecule has 0 heterocycles. The molecule has 0 unspecified atom stereocenters. The Labute approximate surface area is 225 Å². The molecule has 13 nitrogen and oxygen atoms in total. The summed E-state index contributed by atoms with van der Waals surface area (Å²) in [5.41, 5.74) is 11.2. The number of nitrogens with one attached hydrogen (secondary N) is 6. The molecule has 0 fully saturated rings. The molecule has 0 aromatic carbocycles. The van der Waals surface area contributed by atoms with Gasteiger partial charge in [-0.1, -0.05) is 29.7 Å². The van der Waals surface area contributed by atoms with Gasteiger partial charge in [0.05, 0.1) is 38.5 Å². The molecule has 0 aromatic heterocycles. The van der Waals surface area contributed by atoms with Crippen molar-refractivity contribution in [3.05, 3.63) is 0 Å². The van der Waals surface area contributed by atoms with Gasteiger partial charge in [-0.15, -0.1) is 0 Å². The molecular weight excluding hydrogens is 484 g/mol. The van der Waals surface area contributed by atoms with Crippen LogP contribution in [0, 0.1) is 0 Å². The predicted molar refractivity (Wildman–Crippen MR) is 150 cm³/mol. The quantitative estimate of drug-likeness (QED) is 0.0974. The fraction of sp³-hybridized carbons (Fsp3) is 0.833. The number of hydrogen-bond donors (Lipinski definition) is 6. The highest BCUT2D eigenvalue weighted by atomic mass is 16.5. The maximum Gasteiger partial charge on any atom is 0.245 e. The molecule has 6 N–H and O–H groups in total. The molecule has 0 saturated carbocycles. The molecular formula is C24H58N6O7. The molecule has 0 radical (unpaired) electrons. The van der Waals surface area contributed by atoms with E-state index in [4.69, 9.17) is 14.2 Å². The van der Waals surface area contributed by atoms with E-state index >= 15 is 0 Å². The number of Topliss-reactive ketones (excluding diaryl/α,β-unsaturated/α-hetero) is 2. The summed E-state index contributed by atoms with van der Waals surface area (Å²) in [7, 11) is 3.25. The van der Waals surface area contributed by atoms with E-state index < -0.39 is 0 Å². The molecule has 0 bridgehead atoms. The Hall–Kier alpha value is -2.00. The molecule has 0 spiro atoms. The fourth-order valence-electron chi connectivity index (χ4n) is 1.80. The number of carbonyl (C=O) groups excluding carboxylic acids is 4. The summed E-state index contributed by atoms with van der Waals surface area (Å²) in [6, 6.07) is -0.505. The second-order valence-electron chi connectivity index (χ2n) is 6.90. The minimum atomic E-state index is -0.293. The van der Waals surface area contributed by atoms with Crippen LogP contribution < -0.4 is 32.3 Å². The minimum Gasteiger partial charge on any atom is -0.378 e. The van der Waals surface area contributed by atoms with Crippen molar-refractivity contribution in [3.8, 4) is 0 Å². The Balaban J connectivity index is -0.000000125.